The van der Waals surface area contributed by atoms with Gasteiger partial charge < -0.3 is 9.30 Å². The van der Waals surface area contributed by atoms with Crippen molar-refractivity contribution in [1.29, 1.82) is 0 Å². The van der Waals surface area contributed by atoms with Crippen LogP contribution in [0.15, 0.2) is 12.1 Å². The number of aromatic nitrogens is 2. The molecule has 20 heavy (non-hydrogen) atoms. The molecule has 108 valence electrons. The molecule has 1 fully saturated rings. The number of alkyl halides is 1. The lowest BCUT2D eigenvalue weighted by Gasteiger charge is -2.25. The van der Waals surface area contributed by atoms with Gasteiger partial charge in [0.1, 0.15) is 11.6 Å². The minimum atomic E-state index is -0.422. The van der Waals surface area contributed by atoms with Gasteiger partial charge in [0.15, 0.2) is 0 Å². The van der Waals surface area contributed by atoms with Crippen molar-refractivity contribution in [2.24, 2.45) is 0 Å². The fourth-order valence-corrected chi connectivity index (χ4v) is 3.06. The van der Waals surface area contributed by atoms with E-state index in [2.05, 4.69) is 9.55 Å². The normalized spacial score (nSPS) is 19.6. The Kier molecular flexibility index (Phi) is 4.15. The Morgan fingerprint density at radius 1 is 1.45 bits per heavy atom. The maximum atomic E-state index is 13.8. The molecule has 1 unspecified atom stereocenters. The summed E-state index contributed by atoms with van der Waals surface area (Å²) in [6.07, 6.45) is 2.65. The third-order valence-corrected chi connectivity index (χ3v) is 4.10. The minimum Gasteiger partial charge on any atom is -0.379 e. The number of rotatable bonds is 3. The van der Waals surface area contributed by atoms with Crippen molar-refractivity contribution in [2.75, 3.05) is 19.1 Å². The molecule has 3 nitrogen and oxygen atoms in total. The first-order valence-electron chi connectivity index (χ1n) is 6.70. The van der Waals surface area contributed by atoms with Gasteiger partial charge in [0.2, 0.25) is 0 Å². The highest BCUT2D eigenvalue weighted by Gasteiger charge is 2.22. The van der Waals surface area contributed by atoms with Gasteiger partial charge in [-0.15, -0.1) is 11.6 Å². The maximum Gasteiger partial charge on any atom is 0.144 e. The number of imidazole rings is 1. The van der Waals surface area contributed by atoms with Gasteiger partial charge in [0.25, 0.3) is 0 Å². The monoisotopic (exact) mass is 316 g/mol. The number of halogens is 3. The molecule has 0 saturated carbocycles. The first-order chi connectivity index (χ1) is 9.70. The Labute approximate surface area is 126 Å². The molecule has 1 aliphatic heterocycles. The molecule has 2 aromatic rings. The maximum absolute atomic E-state index is 13.8. The van der Waals surface area contributed by atoms with E-state index in [1.165, 1.54) is 6.07 Å². The largest absolute Gasteiger partial charge is 0.379 e. The first kappa shape index (κ1) is 14.1. The van der Waals surface area contributed by atoms with E-state index in [9.17, 15) is 4.39 Å². The van der Waals surface area contributed by atoms with Crippen LogP contribution in [0.2, 0.25) is 5.02 Å². The molecule has 2 heterocycles. The molecule has 0 amide bonds. The lowest BCUT2D eigenvalue weighted by Crippen LogP contribution is -2.23. The zero-order valence-corrected chi connectivity index (χ0v) is 12.4. The summed E-state index contributed by atoms with van der Waals surface area (Å²) in [5.41, 5.74) is 1.48. The average Bonchev–Trinajstić information content (AvgIpc) is 2.78. The van der Waals surface area contributed by atoms with Crippen LogP contribution in [-0.2, 0) is 11.2 Å². The predicted octanol–water partition coefficient (Wildman–Crippen LogP) is 3.96. The van der Waals surface area contributed by atoms with Gasteiger partial charge >= 0.3 is 0 Å². The van der Waals surface area contributed by atoms with Gasteiger partial charge in [0.05, 0.1) is 28.7 Å². The lowest BCUT2D eigenvalue weighted by atomic mass is 10.1. The zero-order chi connectivity index (χ0) is 14.1. The van der Waals surface area contributed by atoms with Crippen LogP contribution in [0.25, 0.3) is 11.0 Å². The second kappa shape index (κ2) is 5.88. The highest BCUT2D eigenvalue weighted by molar-refractivity contribution is 6.31. The van der Waals surface area contributed by atoms with Crippen LogP contribution in [0.5, 0.6) is 0 Å². The molecular formula is C14H15Cl2FN2O. The van der Waals surface area contributed by atoms with E-state index >= 15 is 0 Å². The van der Waals surface area contributed by atoms with E-state index in [1.807, 2.05) is 0 Å². The minimum absolute atomic E-state index is 0.0967. The van der Waals surface area contributed by atoms with Crippen molar-refractivity contribution in [2.45, 2.75) is 25.3 Å². The Hall–Kier alpha value is -0.840. The van der Waals surface area contributed by atoms with E-state index in [0.717, 1.165) is 30.8 Å². The second-order valence-corrected chi connectivity index (χ2v) is 5.75. The molecule has 1 aliphatic rings. The smallest absolute Gasteiger partial charge is 0.144 e. The molecule has 6 heteroatoms. The molecule has 1 atom stereocenters. The first-order valence-corrected chi connectivity index (χ1v) is 7.61. The fourth-order valence-electron chi connectivity index (χ4n) is 2.74. The van der Waals surface area contributed by atoms with Crippen LogP contribution < -0.4 is 0 Å². The number of fused-ring (bicyclic) bond motifs is 1. The summed E-state index contributed by atoms with van der Waals surface area (Å²) in [4.78, 5) is 4.55. The number of nitrogens with zero attached hydrogens (tertiary/aromatic N) is 2. The summed E-state index contributed by atoms with van der Waals surface area (Å²) in [7, 11) is 0. The third kappa shape index (κ3) is 2.52. The number of aryl methyl sites for hydroxylation is 1. The van der Waals surface area contributed by atoms with Gasteiger partial charge in [-0.25, -0.2) is 9.37 Å². The van der Waals surface area contributed by atoms with E-state index in [4.69, 9.17) is 27.9 Å². The number of hydrogen-bond donors (Lipinski definition) is 0. The summed E-state index contributed by atoms with van der Waals surface area (Å²) in [6.45, 7) is 1.42. The van der Waals surface area contributed by atoms with Gasteiger partial charge in [0, 0.05) is 25.0 Å². The fraction of sp³-hybridized carbons (Fsp3) is 0.500. The van der Waals surface area contributed by atoms with Crippen molar-refractivity contribution < 1.29 is 9.13 Å². The summed E-state index contributed by atoms with van der Waals surface area (Å²) < 4.78 is 21.4. The highest BCUT2D eigenvalue weighted by Crippen LogP contribution is 2.30. The number of hydrogen-bond acceptors (Lipinski definition) is 2. The van der Waals surface area contributed by atoms with Crippen molar-refractivity contribution in [3.63, 3.8) is 0 Å². The Morgan fingerprint density at radius 2 is 2.30 bits per heavy atom. The van der Waals surface area contributed by atoms with Crippen molar-refractivity contribution in [3.05, 3.63) is 28.8 Å². The standard InChI is InChI=1S/C14H15Cl2FN2O/c15-4-3-14-18-12-6-10(16)11(17)7-13(12)19(14)9-2-1-5-20-8-9/h6-7,9H,1-5,8H2. The van der Waals surface area contributed by atoms with Crippen LogP contribution in [0, 0.1) is 5.82 Å². The van der Waals surface area contributed by atoms with Crippen LogP contribution in [0.4, 0.5) is 4.39 Å². The molecule has 1 saturated heterocycles. The number of benzene rings is 1. The lowest BCUT2D eigenvalue weighted by molar-refractivity contribution is 0.0596. The quantitative estimate of drug-likeness (QED) is 0.801. The van der Waals surface area contributed by atoms with Gasteiger partial charge in [-0.05, 0) is 18.9 Å². The average molecular weight is 317 g/mol. The molecule has 0 N–H and O–H groups in total. The molecule has 0 spiro atoms. The van der Waals surface area contributed by atoms with Gasteiger partial charge in [-0.1, -0.05) is 11.6 Å². The molecule has 1 aromatic heterocycles. The Balaban J connectivity index is 2.14. The molecule has 0 radical (unpaired) electrons. The summed E-state index contributed by atoms with van der Waals surface area (Å²) in [6, 6.07) is 3.22. The zero-order valence-electron chi connectivity index (χ0n) is 10.9. The summed E-state index contributed by atoms with van der Waals surface area (Å²) in [5.74, 6) is 0.925. The molecular weight excluding hydrogens is 302 g/mol. The van der Waals surface area contributed by atoms with E-state index in [-0.39, 0.29) is 11.1 Å². The summed E-state index contributed by atoms with van der Waals surface area (Å²) in [5, 5.41) is 0.0967. The van der Waals surface area contributed by atoms with Gasteiger partial charge in [-0.3, -0.25) is 0 Å². The van der Waals surface area contributed by atoms with E-state index in [1.54, 1.807) is 6.07 Å². The van der Waals surface area contributed by atoms with Crippen LogP contribution in [-0.4, -0.2) is 28.6 Å². The van der Waals surface area contributed by atoms with Crippen molar-refractivity contribution >= 4 is 34.2 Å². The molecule has 3 rings (SSSR count). The second-order valence-electron chi connectivity index (χ2n) is 4.96. The van der Waals surface area contributed by atoms with Crippen LogP contribution in [0.3, 0.4) is 0 Å². The van der Waals surface area contributed by atoms with Crippen molar-refractivity contribution in [1.82, 2.24) is 9.55 Å². The van der Waals surface area contributed by atoms with E-state index in [0.29, 0.717) is 24.4 Å². The summed E-state index contributed by atoms with van der Waals surface area (Å²) >= 11 is 11.7. The Bertz CT molecular complexity index is 623. The van der Waals surface area contributed by atoms with Crippen LogP contribution >= 0.6 is 23.2 Å². The molecule has 1 aromatic carbocycles. The molecule has 0 bridgehead atoms. The predicted molar refractivity (Wildman–Crippen MR) is 78.2 cm³/mol. The van der Waals surface area contributed by atoms with Crippen LogP contribution in [0.1, 0.15) is 24.7 Å². The number of ether oxygens (including phenoxy) is 1. The third-order valence-electron chi connectivity index (χ3n) is 3.62. The van der Waals surface area contributed by atoms with Crippen molar-refractivity contribution in [3.8, 4) is 0 Å². The molecule has 0 aliphatic carbocycles. The SMILES string of the molecule is Fc1cc2c(cc1Cl)nc(CCCl)n2C1CCCOC1. The van der Waals surface area contributed by atoms with Gasteiger partial charge in [-0.2, -0.15) is 0 Å². The highest BCUT2D eigenvalue weighted by atomic mass is 35.5. The Morgan fingerprint density at radius 3 is 3.00 bits per heavy atom. The topological polar surface area (TPSA) is 27.1 Å². The van der Waals surface area contributed by atoms with E-state index < -0.39 is 5.82 Å².